The number of amides is 2. The number of carbonyl (C=O) groups is 2. The van der Waals surface area contributed by atoms with E-state index in [2.05, 4.69) is 40.0 Å². The van der Waals surface area contributed by atoms with Crippen molar-refractivity contribution in [3.63, 3.8) is 0 Å². The second-order valence-corrected chi connectivity index (χ2v) is 17.1. The van der Waals surface area contributed by atoms with Crippen molar-refractivity contribution in [3.8, 4) is 0 Å². The molecule has 0 aliphatic carbocycles. The molecule has 322 valence electrons. The molecule has 6 aromatic rings. The van der Waals surface area contributed by atoms with Gasteiger partial charge in [0.25, 0.3) is 11.8 Å². The molecule has 20 heteroatoms. The number of nitrogens with two attached hydrogens (primary N) is 2. The third-order valence-electron chi connectivity index (χ3n) is 13.2. The Morgan fingerprint density at radius 2 is 1.26 bits per heavy atom. The topological polar surface area (TPSA) is 269 Å². The smallest absolute Gasteiger partial charge is 0.262 e. The second kappa shape index (κ2) is 15.1. The van der Waals surface area contributed by atoms with Crippen molar-refractivity contribution in [3.05, 3.63) is 71.0 Å². The van der Waals surface area contributed by atoms with Gasteiger partial charge in [0, 0.05) is 89.7 Å². The van der Waals surface area contributed by atoms with Crippen LogP contribution < -0.4 is 21.3 Å². The second-order valence-electron chi connectivity index (χ2n) is 17.1. The molecule has 62 heavy (non-hydrogen) atoms. The van der Waals surface area contributed by atoms with Crippen molar-refractivity contribution in [2.45, 2.75) is 74.9 Å². The van der Waals surface area contributed by atoms with Gasteiger partial charge in [-0.25, -0.2) is 29.9 Å². The summed E-state index contributed by atoms with van der Waals surface area (Å²) < 4.78 is 11.3. The highest BCUT2D eigenvalue weighted by atomic mass is 16.5. The average molecular weight is 845 g/mol. The number of hydrogen-bond donors (Lipinski definition) is 4. The van der Waals surface area contributed by atoms with E-state index < -0.39 is 23.0 Å². The lowest BCUT2D eigenvalue weighted by atomic mass is 9.92. The Kier molecular flexibility index (Phi) is 9.65. The van der Waals surface area contributed by atoms with E-state index in [9.17, 15) is 19.8 Å². The Labute approximate surface area is 355 Å². The zero-order valence-electron chi connectivity index (χ0n) is 34.6. The minimum Gasteiger partial charge on any atom is -0.382 e. The summed E-state index contributed by atoms with van der Waals surface area (Å²) in [7, 11) is 1.66. The van der Waals surface area contributed by atoms with Crippen molar-refractivity contribution < 1.29 is 28.8 Å². The van der Waals surface area contributed by atoms with Gasteiger partial charge in [-0.15, -0.1) is 0 Å². The summed E-state index contributed by atoms with van der Waals surface area (Å²) in [4.78, 5) is 61.1. The number of piperidine rings is 2. The van der Waals surface area contributed by atoms with Gasteiger partial charge in [-0.05, 0) is 62.3 Å². The van der Waals surface area contributed by atoms with Gasteiger partial charge in [0.1, 0.15) is 35.3 Å². The number of rotatable bonds is 9. The van der Waals surface area contributed by atoms with Crippen LogP contribution in [0.25, 0.3) is 22.1 Å². The van der Waals surface area contributed by atoms with E-state index in [-0.39, 0.29) is 42.0 Å². The maximum atomic E-state index is 14.0. The summed E-state index contributed by atoms with van der Waals surface area (Å²) in [5.41, 5.74) is 14.4. The molecule has 2 amide bonds. The lowest BCUT2D eigenvalue weighted by Gasteiger charge is -2.33. The average Bonchev–Trinajstić information content (AvgIpc) is 4.10. The third kappa shape index (κ3) is 6.68. The van der Waals surface area contributed by atoms with Crippen LogP contribution in [0.1, 0.15) is 84.4 Å². The minimum absolute atomic E-state index is 0.00985. The van der Waals surface area contributed by atoms with Crippen molar-refractivity contribution in [2.75, 3.05) is 74.1 Å². The Balaban J connectivity index is 0.831. The largest absolute Gasteiger partial charge is 0.382 e. The molecule has 10 heterocycles. The molecule has 0 radical (unpaired) electrons. The first-order valence-corrected chi connectivity index (χ1v) is 21.1. The van der Waals surface area contributed by atoms with E-state index in [0.717, 1.165) is 61.2 Å². The lowest BCUT2D eigenvalue weighted by molar-refractivity contribution is -0.146. The van der Waals surface area contributed by atoms with E-state index in [4.69, 9.17) is 30.5 Å². The molecule has 0 unspecified atom stereocenters. The van der Waals surface area contributed by atoms with E-state index in [1.165, 1.54) is 17.6 Å². The predicted molar refractivity (Wildman–Crippen MR) is 225 cm³/mol. The molecular weight excluding hydrogens is 797 g/mol. The van der Waals surface area contributed by atoms with Crippen molar-refractivity contribution in [1.82, 2.24) is 50.0 Å². The number of nitrogen functional groups attached to an aromatic ring is 2. The highest BCUT2D eigenvalue weighted by Gasteiger charge is 2.50. The van der Waals surface area contributed by atoms with Crippen LogP contribution in [0.15, 0.2) is 46.0 Å². The number of aromatic nitrogens is 8. The molecule has 0 aromatic carbocycles. The fourth-order valence-corrected chi connectivity index (χ4v) is 9.58. The van der Waals surface area contributed by atoms with Crippen molar-refractivity contribution in [2.24, 2.45) is 0 Å². The van der Waals surface area contributed by atoms with Crippen LogP contribution in [0, 0.1) is 6.92 Å². The third-order valence-corrected chi connectivity index (χ3v) is 13.2. The van der Waals surface area contributed by atoms with Crippen molar-refractivity contribution in [1.29, 1.82) is 0 Å². The number of fused-ring (bicyclic) bond motifs is 2. The highest BCUT2D eigenvalue weighted by Crippen LogP contribution is 2.39. The van der Waals surface area contributed by atoms with Crippen molar-refractivity contribution >= 4 is 57.2 Å². The number of nitrogens with zero attached hydrogens (tertiary/aromatic N) is 12. The summed E-state index contributed by atoms with van der Waals surface area (Å²) >= 11 is 0. The standard InChI is InChI=1S/C42H48N14O6/c1-23-15-31(49-35-33(23)45-21-47-37(35)43)55-10-3-5-25(19-55)28-18-30(62-52-28)42(60)9-14-54(40(42)58)12-7-24-16-32(50-36-34(24)46-22-48-38(36)44)56-11-4-6-26(20-56)27-17-29(61-51-27)41(59)8-13-53(2)39(41)57/h15-18,21-22,25-26,59-60H,3-14,19-20H2,1-2H3,(H2,43,45,47)(H2,44,46,48)/t25-,26+,41+,42+/m0/s1. The predicted octanol–water partition coefficient (Wildman–Crippen LogP) is 2.29. The SMILES string of the molecule is Cc1cc(N2CCC[C@H](c3cc([C@]4(O)CCN(CCc5cc(N6CCC[C@@H](c7cc([C@]8(O)CCN(C)C8=O)on7)C6)nc6c(N)ncnc56)C4=O)on3)C2)nc2c(N)ncnc12. The van der Waals surface area contributed by atoms with Gasteiger partial charge in [-0.2, -0.15) is 0 Å². The number of likely N-dealkylation sites (tertiary alicyclic amines) is 2. The van der Waals surface area contributed by atoms with E-state index >= 15 is 0 Å². The number of likely N-dealkylation sites (N-methyl/N-ethyl adjacent to an activating group) is 1. The Hall–Kier alpha value is -6.54. The lowest BCUT2D eigenvalue weighted by Crippen LogP contribution is -2.38. The van der Waals surface area contributed by atoms with Crippen LogP contribution in [-0.4, -0.2) is 125 Å². The first kappa shape index (κ1) is 39.6. The van der Waals surface area contributed by atoms with Crippen LogP contribution in [-0.2, 0) is 27.2 Å². The first-order valence-electron chi connectivity index (χ1n) is 21.1. The van der Waals surface area contributed by atoms with Crippen LogP contribution in [0.2, 0.25) is 0 Å². The van der Waals surface area contributed by atoms with Gasteiger partial charge in [0.15, 0.2) is 23.2 Å². The Morgan fingerprint density at radius 1 is 0.710 bits per heavy atom. The maximum absolute atomic E-state index is 14.0. The molecule has 10 rings (SSSR count). The van der Waals surface area contributed by atoms with Crippen LogP contribution in [0.3, 0.4) is 0 Å². The van der Waals surface area contributed by atoms with Gasteiger partial charge in [-0.1, -0.05) is 10.3 Å². The summed E-state index contributed by atoms with van der Waals surface area (Å²) in [5.74, 6) is 1.42. The number of pyridine rings is 2. The molecule has 4 aliphatic rings. The number of hydrogen-bond acceptors (Lipinski definition) is 18. The number of aryl methyl sites for hydroxylation is 1. The molecule has 20 nitrogen and oxygen atoms in total. The normalized spacial score (nSPS) is 24.6. The molecule has 4 aliphatic heterocycles. The molecule has 6 N–H and O–H groups in total. The minimum atomic E-state index is -1.85. The summed E-state index contributed by atoms with van der Waals surface area (Å²) in [6, 6.07) is 7.40. The molecule has 4 atom stereocenters. The van der Waals surface area contributed by atoms with Gasteiger partial charge in [-0.3, -0.25) is 9.59 Å². The Bertz CT molecular complexity index is 2720. The molecular formula is C42H48N14O6. The highest BCUT2D eigenvalue weighted by molar-refractivity contribution is 5.90. The van der Waals surface area contributed by atoms with Gasteiger partial charge < -0.3 is 50.3 Å². The molecule has 0 spiro atoms. The molecule has 0 saturated carbocycles. The summed E-state index contributed by atoms with van der Waals surface area (Å²) in [6.45, 7) is 5.73. The zero-order valence-corrected chi connectivity index (χ0v) is 34.6. The van der Waals surface area contributed by atoms with Gasteiger partial charge in [0.2, 0.25) is 11.2 Å². The number of anilines is 4. The molecule has 4 saturated heterocycles. The van der Waals surface area contributed by atoms with Crippen LogP contribution in [0.5, 0.6) is 0 Å². The molecule has 6 aromatic heterocycles. The number of carbonyl (C=O) groups excluding carboxylic acids is 2. The van der Waals surface area contributed by atoms with E-state index in [0.29, 0.717) is 78.7 Å². The van der Waals surface area contributed by atoms with Gasteiger partial charge >= 0.3 is 0 Å². The van der Waals surface area contributed by atoms with Gasteiger partial charge in [0.05, 0.1) is 22.4 Å². The zero-order chi connectivity index (χ0) is 42.9. The fraction of sp³-hybridized carbons (Fsp3) is 0.476. The maximum Gasteiger partial charge on any atom is 0.262 e. The van der Waals surface area contributed by atoms with E-state index in [1.807, 2.05) is 19.1 Å². The van der Waals surface area contributed by atoms with E-state index in [1.54, 1.807) is 24.1 Å². The summed E-state index contributed by atoms with van der Waals surface area (Å²) in [6.07, 6.45) is 7.07. The molecule has 4 fully saturated rings. The van der Waals surface area contributed by atoms with Crippen LogP contribution in [0.4, 0.5) is 23.3 Å². The quantitative estimate of drug-likeness (QED) is 0.163. The number of aliphatic hydroxyl groups is 2. The first-order chi connectivity index (χ1) is 29.9. The summed E-state index contributed by atoms with van der Waals surface area (Å²) in [5, 5.41) is 31.7. The fourth-order valence-electron chi connectivity index (χ4n) is 9.58. The Morgan fingerprint density at radius 3 is 1.85 bits per heavy atom. The van der Waals surface area contributed by atoms with Crippen LogP contribution >= 0.6 is 0 Å². The molecule has 0 bridgehead atoms. The monoisotopic (exact) mass is 844 g/mol.